The first-order chi connectivity index (χ1) is 10.1. The molecule has 0 aromatic heterocycles. The molecule has 0 N–H and O–H groups in total. The molecule has 124 valence electrons. The van der Waals surface area contributed by atoms with Crippen LogP contribution in [0.3, 0.4) is 0 Å². The Kier molecular flexibility index (Phi) is 7.01. The molecule has 2 nitrogen and oxygen atoms in total. The number of nitrogens with zero attached hydrogens (tertiary/aromatic N) is 2. The summed E-state index contributed by atoms with van der Waals surface area (Å²) in [5, 5.41) is 0. The lowest BCUT2D eigenvalue weighted by molar-refractivity contribution is 0.00239. The average molecular weight is 295 g/mol. The maximum atomic E-state index is 2.81. The molecular weight excluding hydrogens is 256 g/mol. The second-order valence-electron chi connectivity index (χ2n) is 7.94. The van der Waals surface area contributed by atoms with Crippen LogP contribution in [0.4, 0.5) is 0 Å². The van der Waals surface area contributed by atoms with Gasteiger partial charge in [-0.1, -0.05) is 38.5 Å². The van der Waals surface area contributed by atoms with Crippen LogP contribution in [0, 0.1) is 0 Å². The summed E-state index contributed by atoms with van der Waals surface area (Å²) < 4.78 is 0. The van der Waals surface area contributed by atoms with Gasteiger partial charge in [-0.05, 0) is 53.4 Å². The van der Waals surface area contributed by atoms with Crippen LogP contribution in [0.2, 0.25) is 0 Å². The summed E-state index contributed by atoms with van der Waals surface area (Å²) in [6.07, 6.45) is 14.4. The predicted octanol–water partition coefficient (Wildman–Crippen LogP) is 5.03. The van der Waals surface area contributed by atoms with Gasteiger partial charge in [-0.15, -0.1) is 0 Å². The lowest BCUT2D eigenvalue weighted by Crippen LogP contribution is -2.53. The monoisotopic (exact) mass is 294 g/mol. The van der Waals surface area contributed by atoms with E-state index in [0.717, 1.165) is 12.1 Å². The molecule has 0 spiro atoms. The summed E-state index contributed by atoms with van der Waals surface area (Å²) in [5.74, 6) is 0. The van der Waals surface area contributed by atoms with E-state index in [4.69, 9.17) is 0 Å². The molecule has 0 saturated heterocycles. The van der Waals surface area contributed by atoms with Gasteiger partial charge < -0.3 is 0 Å². The zero-order valence-electron chi connectivity index (χ0n) is 15.0. The predicted molar refractivity (Wildman–Crippen MR) is 92.6 cm³/mol. The Morgan fingerprint density at radius 2 is 0.952 bits per heavy atom. The van der Waals surface area contributed by atoms with Crippen LogP contribution < -0.4 is 0 Å². The topological polar surface area (TPSA) is 6.48 Å². The largest absolute Gasteiger partial charge is 0.285 e. The second kappa shape index (κ2) is 8.53. The Morgan fingerprint density at radius 3 is 1.24 bits per heavy atom. The molecule has 2 aliphatic rings. The van der Waals surface area contributed by atoms with Gasteiger partial charge in [0.1, 0.15) is 0 Å². The highest BCUT2D eigenvalue weighted by atomic mass is 15.4. The van der Waals surface area contributed by atoms with Crippen LogP contribution in [0.1, 0.15) is 91.9 Å². The van der Waals surface area contributed by atoms with Crippen molar-refractivity contribution in [3.8, 4) is 0 Å². The summed E-state index contributed by atoms with van der Waals surface area (Å²) in [6.45, 7) is 10.8. The lowest BCUT2D eigenvalue weighted by Gasteiger charge is -2.45. The van der Waals surface area contributed by atoms with Crippen molar-refractivity contribution in [3.05, 3.63) is 0 Å². The fourth-order valence-corrected chi connectivity index (χ4v) is 4.41. The Balaban J connectivity index is 2.00. The molecular formula is C19H38N2. The summed E-state index contributed by atoms with van der Waals surface area (Å²) >= 11 is 0. The van der Waals surface area contributed by atoms with Crippen molar-refractivity contribution < 1.29 is 0 Å². The van der Waals surface area contributed by atoms with E-state index in [1.807, 2.05) is 0 Å². The van der Waals surface area contributed by atoms with E-state index in [9.17, 15) is 0 Å². The van der Waals surface area contributed by atoms with Gasteiger partial charge in [-0.3, -0.25) is 9.80 Å². The molecule has 0 atom stereocenters. The first kappa shape index (κ1) is 17.3. The van der Waals surface area contributed by atoms with Gasteiger partial charge in [0.05, 0.1) is 6.67 Å². The molecule has 0 amide bonds. The number of hydrogen-bond acceptors (Lipinski definition) is 2. The first-order valence-electron chi connectivity index (χ1n) is 9.61. The maximum absolute atomic E-state index is 2.81. The van der Waals surface area contributed by atoms with Crippen molar-refractivity contribution in [2.24, 2.45) is 0 Å². The quantitative estimate of drug-likeness (QED) is 0.634. The molecule has 0 radical (unpaired) electrons. The van der Waals surface area contributed by atoms with E-state index in [-0.39, 0.29) is 0 Å². The molecule has 2 aliphatic carbocycles. The summed E-state index contributed by atoms with van der Waals surface area (Å²) in [6, 6.07) is 3.03. The minimum absolute atomic E-state index is 0.679. The zero-order chi connectivity index (χ0) is 15.2. The standard InChI is InChI=1S/C19H38N2/c1-16(2)20(18-11-7-5-8-12-18)15-21(17(3)4)19-13-9-6-10-14-19/h16-19H,5-15H2,1-4H3. The van der Waals surface area contributed by atoms with Crippen molar-refractivity contribution >= 4 is 0 Å². The molecule has 0 unspecified atom stereocenters. The van der Waals surface area contributed by atoms with E-state index >= 15 is 0 Å². The number of rotatable bonds is 6. The fourth-order valence-electron chi connectivity index (χ4n) is 4.41. The van der Waals surface area contributed by atoms with Crippen molar-refractivity contribution in [1.82, 2.24) is 9.80 Å². The third-order valence-corrected chi connectivity index (χ3v) is 5.74. The van der Waals surface area contributed by atoms with Gasteiger partial charge in [0.15, 0.2) is 0 Å². The molecule has 0 bridgehead atoms. The summed E-state index contributed by atoms with van der Waals surface area (Å²) in [7, 11) is 0. The van der Waals surface area contributed by atoms with Gasteiger partial charge in [0.25, 0.3) is 0 Å². The Bertz CT molecular complexity index is 247. The molecule has 2 fully saturated rings. The van der Waals surface area contributed by atoms with E-state index in [2.05, 4.69) is 37.5 Å². The van der Waals surface area contributed by atoms with E-state index in [1.165, 1.54) is 70.9 Å². The summed E-state index contributed by atoms with van der Waals surface area (Å²) in [4.78, 5) is 5.63. The van der Waals surface area contributed by atoms with Crippen LogP contribution in [0.5, 0.6) is 0 Å². The average Bonchev–Trinajstić information content (AvgIpc) is 2.49. The van der Waals surface area contributed by atoms with Crippen LogP contribution in [0.25, 0.3) is 0 Å². The Labute approximate surface area is 133 Å². The van der Waals surface area contributed by atoms with Gasteiger partial charge in [0, 0.05) is 24.2 Å². The highest BCUT2D eigenvalue weighted by Gasteiger charge is 2.29. The lowest BCUT2D eigenvalue weighted by atomic mass is 9.92. The number of hydrogen-bond donors (Lipinski definition) is 0. The van der Waals surface area contributed by atoms with Crippen LogP contribution in [0.15, 0.2) is 0 Å². The Hall–Kier alpha value is -0.0800. The maximum Gasteiger partial charge on any atom is 0.0516 e. The van der Waals surface area contributed by atoms with Gasteiger partial charge in [0.2, 0.25) is 0 Å². The molecule has 0 heterocycles. The van der Waals surface area contributed by atoms with Gasteiger partial charge in [-0.2, -0.15) is 0 Å². The minimum atomic E-state index is 0.679. The van der Waals surface area contributed by atoms with Crippen molar-refractivity contribution in [3.63, 3.8) is 0 Å². The first-order valence-corrected chi connectivity index (χ1v) is 9.61. The normalized spacial score (nSPS) is 22.9. The van der Waals surface area contributed by atoms with E-state index in [0.29, 0.717) is 12.1 Å². The van der Waals surface area contributed by atoms with E-state index in [1.54, 1.807) is 0 Å². The SMILES string of the molecule is CC(C)N(CN(C(C)C)C1CCCCC1)C1CCCCC1. The second-order valence-corrected chi connectivity index (χ2v) is 7.94. The molecule has 2 rings (SSSR count). The Morgan fingerprint density at radius 1 is 0.619 bits per heavy atom. The van der Waals surface area contributed by atoms with Crippen LogP contribution in [-0.4, -0.2) is 40.6 Å². The molecule has 2 heteroatoms. The van der Waals surface area contributed by atoms with Crippen LogP contribution >= 0.6 is 0 Å². The summed E-state index contributed by atoms with van der Waals surface area (Å²) in [5.41, 5.74) is 0. The van der Waals surface area contributed by atoms with Crippen molar-refractivity contribution in [2.75, 3.05) is 6.67 Å². The molecule has 2 saturated carbocycles. The highest BCUT2D eigenvalue weighted by Crippen LogP contribution is 2.28. The smallest absolute Gasteiger partial charge is 0.0516 e. The zero-order valence-corrected chi connectivity index (χ0v) is 15.0. The molecule has 0 aromatic rings. The van der Waals surface area contributed by atoms with Crippen molar-refractivity contribution in [1.29, 1.82) is 0 Å². The molecule has 0 aromatic carbocycles. The van der Waals surface area contributed by atoms with E-state index < -0.39 is 0 Å². The molecule has 21 heavy (non-hydrogen) atoms. The van der Waals surface area contributed by atoms with Crippen molar-refractivity contribution in [2.45, 2.75) is 116 Å². The highest BCUT2D eigenvalue weighted by molar-refractivity contribution is 4.83. The minimum Gasteiger partial charge on any atom is -0.285 e. The fraction of sp³-hybridized carbons (Fsp3) is 1.00. The van der Waals surface area contributed by atoms with Gasteiger partial charge in [-0.25, -0.2) is 0 Å². The molecule has 0 aliphatic heterocycles. The third-order valence-electron chi connectivity index (χ3n) is 5.74. The van der Waals surface area contributed by atoms with Gasteiger partial charge >= 0.3 is 0 Å². The third kappa shape index (κ3) is 4.96. The van der Waals surface area contributed by atoms with Crippen LogP contribution in [-0.2, 0) is 0 Å².